The van der Waals surface area contributed by atoms with E-state index < -0.39 is 0 Å². The van der Waals surface area contributed by atoms with Crippen LogP contribution in [0.4, 0.5) is 0 Å². The van der Waals surface area contributed by atoms with Crippen LogP contribution >= 0.6 is 28.1 Å². The fourth-order valence-corrected chi connectivity index (χ4v) is 2.13. The monoisotopic (exact) mass is 280 g/mol. The summed E-state index contributed by atoms with van der Waals surface area (Å²) in [5.74, 6) is 0. The normalized spacial score (nSPS) is 10.3. The van der Waals surface area contributed by atoms with Crippen LogP contribution in [0.3, 0.4) is 0 Å². The molecule has 0 fully saturated rings. The van der Waals surface area contributed by atoms with E-state index in [0.717, 1.165) is 21.4 Å². The number of halogens is 1. The Kier molecular flexibility index (Phi) is 2.98. The van der Waals surface area contributed by atoms with Crippen molar-refractivity contribution in [2.75, 3.05) is 0 Å². The molecule has 0 bridgehead atoms. The van der Waals surface area contributed by atoms with Crippen molar-refractivity contribution in [2.45, 2.75) is 6.92 Å². The molecule has 0 aliphatic carbocycles. The van der Waals surface area contributed by atoms with Crippen LogP contribution in [-0.2, 0) is 0 Å². The number of H-pyrrole nitrogens is 1. The van der Waals surface area contributed by atoms with Crippen LogP contribution < -0.4 is 0 Å². The highest BCUT2D eigenvalue weighted by Crippen LogP contribution is 2.26. The van der Waals surface area contributed by atoms with Crippen LogP contribution in [0.5, 0.6) is 0 Å². The second-order valence-corrected chi connectivity index (χ2v) is 4.48. The summed E-state index contributed by atoms with van der Waals surface area (Å²) in [6.45, 7) is 1.97. The number of aryl methyl sites for hydroxylation is 1. The predicted molar refractivity (Wildman–Crippen MR) is 67.3 cm³/mol. The lowest BCUT2D eigenvalue weighted by molar-refractivity contribution is 1.08. The molecule has 2 nitrogen and oxygen atoms in total. The van der Waals surface area contributed by atoms with Crippen LogP contribution in [-0.4, -0.2) is 9.97 Å². The molecule has 0 aliphatic rings. The van der Waals surface area contributed by atoms with Gasteiger partial charge in [-0.1, -0.05) is 34.1 Å². The average Bonchev–Trinajstić information content (AvgIpc) is 2.16. The molecule has 1 N–H and O–H groups in total. The van der Waals surface area contributed by atoms with Gasteiger partial charge in [0.05, 0.1) is 5.69 Å². The lowest BCUT2D eigenvalue weighted by atomic mass is 10.1. The third-order valence-electron chi connectivity index (χ3n) is 2.03. The van der Waals surface area contributed by atoms with Crippen molar-refractivity contribution in [3.05, 3.63) is 45.3 Å². The summed E-state index contributed by atoms with van der Waals surface area (Å²) in [6.07, 6.45) is 0. The van der Waals surface area contributed by atoms with Gasteiger partial charge in [0.1, 0.15) is 0 Å². The van der Waals surface area contributed by atoms with Crippen molar-refractivity contribution in [3.63, 3.8) is 0 Å². The summed E-state index contributed by atoms with van der Waals surface area (Å²) in [7, 11) is 0. The van der Waals surface area contributed by atoms with E-state index in [-0.39, 0.29) is 0 Å². The fraction of sp³-hybridized carbons (Fsp3) is 0.0909. The molecular formula is C11H9BrN2S. The fourth-order valence-electron chi connectivity index (χ4n) is 1.39. The summed E-state index contributed by atoms with van der Waals surface area (Å²) >= 11 is 8.55. The molecule has 0 aliphatic heterocycles. The zero-order valence-corrected chi connectivity index (χ0v) is 10.5. The van der Waals surface area contributed by atoms with Crippen LogP contribution in [0.1, 0.15) is 5.69 Å². The summed E-state index contributed by atoms with van der Waals surface area (Å²) < 4.78 is 1.54. The Morgan fingerprint density at radius 1 is 1.33 bits per heavy atom. The van der Waals surface area contributed by atoms with E-state index in [1.807, 2.05) is 37.3 Å². The first kappa shape index (κ1) is 10.5. The number of nitrogens with one attached hydrogen (secondary N) is 1. The van der Waals surface area contributed by atoms with Gasteiger partial charge in [-0.05, 0) is 31.3 Å². The van der Waals surface area contributed by atoms with Crippen LogP contribution in [0, 0.1) is 11.7 Å². The highest BCUT2D eigenvalue weighted by atomic mass is 79.9. The summed E-state index contributed by atoms with van der Waals surface area (Å²) in [6, 6.07) is 9.95. The molecule has 0 saturated heterocycles. The molecule has 2 aromatic rings. The van der Waals surface area contributed by atoms with Gasteiger partial charge in [-0.25, -0.2) is 4.98 Å². The zero-order valence-electron chi connectivity index (χ0n) is 8.12. The Bertz CT molecular complexity index is 548. The maximum Gasteiger partial charge on any atom is 0.197 e. The minimum absolute atomic E-state index is 0.515. The van der Waals surface area contributed by atoms with Crippen molar-refractivity contribution >= 4 is 28.1 Å². The minimum atomic E-state index is 0.515. The average molecular weight is 281 g/mol. The number of benzene rings is 1. The Balaban J connectivity index is 2.64. The molecule has 0 unspecified atom stereocenters. The van der Waals surface area contributed by atoms with E-state index in [4.69, 9.17) is 12.2 Å². The Morgan fingerprint density at radius 3 is 2.73 bits per heavy atom. The first-order valence-corrected chi connectivity index (χ1v) is 5.70. The van der Waals surface area contributed by atoms with Gasteiger partial charge in [-0.2, -0.15) is 0 Å². The van der Waals surface area contributed by atoms with E-state index >= 15 is 0 Å². The van der Waals surface area contributed by atoms with Gasteiger partial charge >= 0.3 is 0 Å². The molecule has 1 aromatic heterocycles. The quantitative estimate of drug-likeness (QED) is 0.804. The number of nitrogens with zero attached hydrogens (tertiary/aromatic N) is 1. The van der Waals surface area contributed by atoms with Gasteiger partial charge in [0, 0.05) is 15.7 Å². The SMILES string of the molecule is Cc1cc(-c2ccccc2Br)nc(=S)[nH]1. The Labute approximate surface area is 102 Å². The highest BCUT2D eigenvalue weighted by Gasteiger charge is 2.03. The van der Waals surface area contributed by atoms with Gasteiger partial charge in [0.25, 0.3) is 0 Å². The molecule has 1 heterocycles. The highest BCUT2D eigenvalue weighted by molar-refractivity contribution is 9.10. The standard InChI is InChI=1S/C11H9BrN2S/c1-7-6-10(14-11(15)13-7)8-4-2-3-5-9(8)12/h2-6H,1H3,(H,13,14,15). The summed E-state index contributed by atoms with van der Waals surface area (Å²) in [5.41, 5.74) is 2.96. The van der Waals surface area contributed by atoms with E-state index in [2.05, 4.69) is 25.9 Å². The summed E-state index contributed by atoms with van der Waals surface area (Å²) in [4.78, 5) is 7.28. The van der Waals surface area contributed by atoms with E-state index in [1.165, 1.54) is 0 Å². The zero-order chi connectivity index (χ0) is 10.8. The van der Waals surface area contributed by atoms with Crippen molar-refractivity contribution < 1.29 is 0 Å². The molecular weight excluding hydrogens is 272 g/mol. The van der Waals surface area contributed by atoms with Crippen LogP contribution in [0.2, 0.25) is 0 Å². The summed E-state index contributed by atoms with van der Waals surface area (Å²) in [5, 5.41) is 0. The Morgan fingerprint density at radius 2 is 2.07 bits per heavy atom. The number of hydrogen-bond acceptors (Lipinski definition) is 2. The van der Waals surface area contributed by atoms with Gasteiger partial charge in [0.2, 0.25) is 0 Å². The first-order chi connectivity index (χ1) is 7.16. The first-order valence-electron chi connectivity index (χ1n) is 4.50. The number of aromatic nitrogens is 2. The maximum absolute atomic E-state index is 5.05. The molecule has 1 aromatic carbocycles. The predicted octanol–water partition coefficient (Wildman–Crippen LogP) is 3.88. The maximum atomic E-state index is 5.05. The lowest BCUT2D eigenvalue weighted by Gasteiger charge is -2.04. The molecule has 0 saturated carbocycles. The van der Waals surface area contributed by atoms with Crippen LogP contribution in [0.25, 0.3) is 11.3 Å². The lowest BCUT2D eigenvalue weighted by Crippen LogP contribution is -1.90. The molecule has 0 atom stereocenters. The van der Waals surface area contributed by atoms with Crippen molar-refractivity contribution in [1.82, 2.24) is 9.97 Å². The van der Waals surface area contributed by atoms with E-state index in [9.17, 15) is 0 Å². The van der Waals surface area contributed by atoms with Crippen molar-refractivity contribution in [2.24, 2.45) is 0 Å². The minimum Gasteiger partial charge on any atom is -0.335 e. The van der Waals surface area contributed by atoms with Gasteiger partial charge in [-0.15, -0.1) is 0 Å². The molecule has 0 amide bonds. The number of rotatable bonds is 1. The molecule has 0 radical (unpaired) electrons. The third-order valence-corrected chi connectivity index (χ3v) is 2.91. The Hall–Kier alpha value is -1.00. The second-order valence-electron chi connectivity index (χ2n) is 3.23. The molecule has 15 heavy (non-hydrogen) atoms. The van der Waals surface area contributed by atoms with Crippen LogP contribution in [0.15, 0.2) is 34.8 Å². The third kappa shape index (κ3) is 2.33. The largest absolute Gasteiger partial charge is 0.335 e. The topological polar surface area (TPSA) is 28.7 Å². The van der Waals surface area contributed by atoms with Crippen molar-refractivity contribution in [1.29, 1.82) is 0 Å². The molecule has 2 rings (SSSR count). The molecule has 0 spiro atoms. The molecule has 4 heteroatoms. The van der Waals surface area contributed by atoms with Gasteiger partial charge in [-0.3, -0.25) is 0 Å². The number of hydrogen-bond donors (Lipinski definition) is 1. The molecule has 76 valence electrons. The van der Waals surface area contributed by atoms with Gasteiger partial charge in [0.15, 0.2) is 4.77 Å². The number of aromatic amines is 1. The van der Waals surface area contributed by atoms with E-state index in [0.29, 0.717) is 4.77 Å². The van der Waals surface area contributed by atoms with E-state index in [1.54, 1.807) is 0 Å². The smallest absolute Gasteiger partial charge is 0.197 e. The van der Waals surface area contributed by atoms with Gasteiger partial charge < -0.3 is 4.98 Å². The van der Waals surface area contributed by atoms with Crippen molar-refractivity contribution in [3.8, 4) is 11.3 Å². The second kappa shape index (κ2) is 4.24.